The number of hydrogen-bond donors (Lipinski definition) is 1. The molecular weight excluding hydrogens is 355 g/mol. The van der Waals surface area contributed by atoms with Crippen molar-refractivity contribution in [2.45, 2.75) is 6.92 Å². The van der Waals surface area contributed by atoms with Gasteiger partial charge in [0.15, 0.2) is 5.13 Å². The van der Waals surface area contributed by atoms with Gasteiger partial charge in [-0.25, -0.2) is 4.98 Å². The third kappa shape index (κ3) is 2.35. The van der Waals surface area contributed by atoms with Gasteiger partial charge in [-0.15, -0.1) is 0 Å². The predicted molar refractivity (Wildman–Crippen MR) is 86.8 cm³/mol. The topological polar surface area (TPSA) is 24.9 Å². The molecule has 0 spiro atoms. The maximum atomic E-state index is 4.59. The standard InChI is InChI=1S/C14H11IN2S/c1-9-6-7-12-13(8-9)18-14(17-12)16-11-5-3-2-4-10(11)15/h2-8H,1H3,(H,16,17). The van der Waals surface area contributed by atoms with E-state index in [1.165, 1.54) is 13.8 Å². The molecule has 1 heterocycles. The summed E-state index contributed by atoms with van der Waals surface area (Å²) in [5.41, 5.74) is 3.43. The number of aryl methyl sites for hydroxylation is 1. The van der Waals surface area contributed by atoms with Crippen LogP contribution in [0.25, 0.3) is 10.2 Å². The van der Waals surface area contributed by atoms with Crippen molar-refractivity contribution in [2.24, 2.45) is 0 Å². The Hall–Kier alpha value is -1.14. The molecule has 0 bridgehead atoms. The first kappa shape index (κ1) is 11.9. The van der Waals surface area contributed by atoms with Crippen LogP contribution in [-0.4, -0.2) is 4.98 Å². The number of para-hydroxylation sites is 1. The molecule has 0 fully saturated rings. The molecule has 3 aromatic rings. The summed E-state index contributed by atoms with van der Waals surface area (Å²) in [6, 6.07) is 14.6. The van der Waals surface area contributed by atoms with E-state index >= 15 is 0 Å². The fourth-order valence-electron chi connectivity index (χ4n) is 1.76. The zero-order chi connectivity index (χ0) is 12.5. The summed E-state index contributed by atoms with van der Waals surface area (Å²) in [7, 11) is 0. The summed E-state index contributed by atoms with van der Waals surface area (Å²) >= 11 is 4.01. The summed E-state index contributed by atoms with van der Waals surface area (Å²) in [5, 5.41) is 4.33. The SMILES string of the molecule is Cc1ccc2nc(Nc3ccccc3I)sc2c1. The van der Waals surface area contributed by atoms with Gasteiger partial charge >= 0.3 is 0 Å². The molecule has 4 heteroatoms. The second kappa shape index (κ2) is 4.85. The van der Waals surface area contributed by atoms with E-state index in [-0.39, 0.29) is 0 Å². The largest absolute Gasteiger partial charge is 0.331 e. The minimum atomic E-state index is 0.944. The molecule has 0 radical (unpaired) electrons. The Morgan fingerprint density at radius 3 is 2.83 bits per heavy atom. The third-order valence-corrected chi connectivity index (χ3v) is 4.53. The Balaban J connectivity index is 1.98. The molecule has 0 unspecified atom stereocenters. The summed E-state index contributed by atoms with van der Waals surface area (Å²) in [6.07, 6.45) is 0. The van der Waals surface area contributed by atoms with Crippen LogP contribution in [0.4, 0.5) is 10.8 Å². The highest BCUT2D eigenvalue weighted by atomic mass is 127. The van der Waals surface area contributed by atoms with Gasteiger partial charge in [0.25, 0.3) is 0 Å². The summed E-state index contributed by atoms with van der Waals surface area (Å²) in [6.45, 7) is 2.10. The van der Waals surface area contributed by atoms with Gasteiger partial charge in [0, 0.05) is 3.57 Å². The number of thiazole rings is 1. The summed E-state index contributed by atoms with van der Waals surface area (Å²) in [4.78, 5) is 4.59. The molecule has 0 atom stereocenters. The lowest BCUT2D eigenvalue weighted by Crippen LogP contribution is -1.91. The molecule has 0 aliphatic heterocycles. The number of hydrogen-bond acceptors (Lipinski definition) is 3. The highest BCUT2D eigenvalue weighted by Gasteiger charge is 2.05. The smallest absolute Gasteiger partial charge is 0.188 e. The molecule has 0 saturated heterocycles. The van der Waals surface area contributed by atoms with Gasteiger partial charge in [-0.1, -0.05) is 29.5 Å². The van der Waals surface area contributed by atoms with E-state index < -0.39 is 0 Å². The highest BCUT2D eigenvalue weighted by molar-refractivity contribution is 14.1. The maximum absolute atomic E-state index is 4.59. The van der Waals surface area contributed by atoms with Crippen LogP contribution in [0.5, 0.6) is 0 Å². The monoisotopic (exact) mass is 366 g/mol. The molecule has 2 nitrogen and oxygen atoms in total. The van der Waals surface area contributed by atoms with Crippen LogP contribution in [0.15, 0.2) is 42.5 Å². The van der Waals surface area contributed by atoms with Crippen molar-refractivity contribution in [1.82, 2.24) is 4.98 Å². The molecule has 1 aromatic heterocycles. The van der Waals surface area contributed by atoms with Crippen molar-refractivity contribution < 1.29 is 0 Å². The zero-order valence-corrected chi connectivity index (χ0v) is 12.7. The van der Waals surface area contributed by atoms with E-state index in [2.05, 4.69) is 70.1 Å². The fourth-order valence-corrected chi connectivity index (χ4v) is 3.26. The van der Waals surface area contributed by atoms with Gasteiger partial charge in [0.1, 0.15) is 0 Å². The fraction of sp³-hybridized carbons (Fsp3) is 0.0714. The molecule has 0 aliphatic carbocycles. The first-order chi connectivity index (χ1) is 8.72. The van der Waals surface area contributed by atoms with Gasteiger partial charge in [-0.3, -0.25) is 0 Å². The van der Waals surface area contributed by atoms with Crippen molar-refractivity contribution in [3.8, 4) is 0 Å². The number of fused-ring (bicyclic) bond motifs is 1. The number of aromatic nitrogens is 1. The molecule has 2 aromatic carbocycles. The third-order valence-electron chi connectivity index (χ3n) is 2.66. The van der Waals surface area contributed by atoms with E-state index in [0.717, 1.165) is 16.3 Å². The lowest BCUT2D eigenvalue weighted by Gasteiger charge is -2.03. The Kier molecular flexibility index (Phi) is 3.22. The summed E-state index contributed by atoms with van der Waals surface area (Å²) in [5.74, 6) is 0. The first-order valence-electron chi connectivity index (χ1n) is 5.61. The van der Waals surface area contributed by atoms with E-state index in [0.29, 0.717) is 0 Å². The molecule has 0 aliphatic rings. The quantitative estimate of drug-likeness (QED) is 0.649. The summed E-state index contributed by atoms with van der Waals surface area (Å²) < 4.78 is 2.42. The van der Waals surface area contributed by atoms with E-state index in [1.807, 2.05) is 12.1 Å². The maximum Gasteiger partial charge on any atom is 0.188 e. The van der Waals surface area contributed by atoms with Gasteiger partial charge in [0.2, 0.25) is 0 Å². The minimum absolute atomic E-state index is 0.944. The van der Waals surface area contributed by atoms with E-state index in [9.17, 15) is 0 Å². The average Bonchev–Trinajstić information content (AvgIpc) is 2.73. The molecule has 18 heavy (non-hydrogen) atoms. The number of nitrogens with zero attached hydrogens (tertiary/aromatic N) is 1. The van der Waals surface area contributed by atoms with Crippen LogP contribution in [0.3, 0.4) is 0 Å². The Labute approximate surface area is 123 Å². The second-order valence-electron chi connectivity index (χ2n) is 4.10. The van der Waals surface area contributed by atoms with Crippen molar-refractivity contribution in [3.63, 3.8) is 0 Å². The van der Waals surface area contributed by atoms with Gasteiger partial charge in [0.05, 0.1) is 15.9 Å². The Morgan fingerprint density at radius 1 is 1.17 bits per heavy atom. The zero-order valence-electron chi connectivity index (χ0n) is 9.77. The molecule has 0 saturated carbocycles. The average molecular weight is 366 g/mol. The van der Waals surface area contributed by atoms with Crippen LogP contribution in [0.2, 0.25) is 0 Å². The van der Waals surface area contributed by atoms with Crippen LogP contribution in [-0.2, 0) is 0 Å². The Morgan fingerprint density at radius 2 is 2.00 bits per heavy atom. The molecule has 90 valence electrons. The number of anilines is 2. The predicted octanol–water partition coefficient (Wildman–Crippen LogP) is 4.95. The lowest BCUT2D eigenvalue weighted by molar-refractivity contribution is 1.42. The van der Waals surface area contributed by atoms with Crippen molar-refractivity contribution in [2.75, 3.05) is 5.32 Å². The molecular formula is C14H11IN2S. The minimum Gasteiger partial charge on any atom is -0.331 e. The van der Waals surface area contributed by atoms with Crippen molar-refractivity contribution >= 4 is 55.0 Å². The van der Waals surface area contributed by atoms with Crippen LogP contribution < -0.4 is 5.32 Å². The van der Waals surface area contributed by atoms with Gasteiger partial charge in [-0.05, 0) is 59.3 Å². The number of nitrogens with one attached hydrogen (secondary N) is 1. The number of rotatable bonds is 2. The van der Waals surface area contributed by atoms with Crippen LogP contribution in [0, 0.1) is 10.5 Å². The first-order valence-corrected chi connectivity index (χ1v) is 7.51. The second-order valence-corrected chi connectivity index (χ2v) is 6.29. The Bertz CT molecular complexity index is 706. The van der Waals surface area contributed by atoms with Crippen molar-refractivity contribution in [1.29, 1.82) is 0 Å². The highest BCUT2D eigenvalue weighted by Crippen LogP contribution is 2.30. The van der Waals surface area contributed by atoms with Gasteiger partial charge < -0.3 is 5.32 Å². The number of halogens is 1. The van der Waals surface area contributed by atoms with Gasteiger partial charge in [-0.2, -0.15) is 0 Å². The molecule has 0 amide bonds. The molecule has 3 rings (SSSR count). The lowest BCUT2D eigenvalue weighted by atomic mass is 10.2. The number of benzene rings is 2. The van der Waals surface area contributed by atoms with E-state index in [1.54, 1.807) is 11.3 Å². The molecule has 1 N–H and O–H groups in total. The van der Waals surface area contributed by atoms with Crippen molar-refractivity contribution in [3.05, 3.63) is 51.6 Å². The normalized spacial score (nSPS) is 10.8. The van der Waals surface area contributed by atoms with E-state index in [4.69, 9.17) is 0 Å². The van der Waals surface area contributed by atoms with Crippen LogP contribution >= 0.6 is 33.9 Å². The van der Waals surface area contributed by atoms with Crippen LogP contribution in [0.1, 0.15) is 5.56 Å².